The van der Waals surface area contributed by atoms with Gasteiger partial charge in [-0.1, -0.05) is 129 Å². The van der Waals surface area contributed by atoms with Gasteiger partial charge in [-0.25, -0.2) is 15.0 Å². The monoisotopic (exact) mass is 797 g/mol. The number of aromatic nitrogens is 4. The van der Waals surface area contributed by atoms with E-state index in [9.17, 15) is 0 Å². The van der Waals surface area contributed by atoms with Gasteiger partial charge in [0.15, 0.2) is 17.5 Å². The van der Waals surface area contributed by atoms with Gasteiger partial charge in [-0.2, -0.15) is 0 Å². The van der Waals surface area contributed by atoms with E-state index in [0.29, 0.717) is 17.5 Å². The summed E-state index contributed by atoms with van der Waals surface area (Å²) < 4.78 is 8.43. The summed E-state index contributed by atoms with van der Waals surface area (Å²) in [7, 11) is 0. The fraction of sp³-hybridized carbons (Fsp3) is 0.0536. The van der Waals surface area contributed by atoms with Gasteiger partial charge in [-0.05, 0) is 107 Å². The molecular weight excluding hydrogens is 759 g/mol. The third-order valence-corrected chi connectivity index (χ3v) is 12.5. The van der Waals surface area contributed by atoms with Crippen LogP contribution in [0.2, 0.25) is 0 Å². The van der Waals surface area contributed by atoms with Gasteiger partial charge in [-0.3, -0.25) is 0 Å². The van der Waals surface area contributed by atoms with Crippen LogP contribution in [0.3, 0.4) is 0 Å². The number of anilines is 3. The zero-order chi connectivity index (χ0) is 41.4. The summed E-state index contributed by atoms with van der Waals surface area (Å²) in [5.74, 6) is 1.82. The number of hydrogen-bond donors (Lipinski definition) is 0. The molecule has 11 aromatic rings. The van der Waals surface area contributed by atoms with Gasteiger partial charge in [0.1, 0.15) is 11.2 Å². The Morgan fingerprint density at radius 3 is 1.90 bits per heavy atom. The molecule has 0 atom stereocenters. The number of rotatable bonds is 6. The Labute approximate surface area is 359 Å². The lowest BCUT2D eigenvalue weighted by Gasteiger charge is -2.42. The molecule has 0 N–H and O–H groups in total. The summed E-state index contributed by atoms with van der Waals surface area (Å²) >= 11 is 0. The van der Waals surface area contributed by atoms with Crippen LogP contribution in [0.1, 0.15) is 25.0 Å². The third-order valence-electron chi connectivity index (χ3n) is 12.5. The highest BCUT2D eigenvalue weighted by Gasteiger charge is 2.37. The first-order chi connectivity index (χ1) is 30.5. The van der Waals surface area contributed by atoms with Gasteiger partial charge >= 0.3 is 0 Å². The first-order valence-corrected chi connectivity index (χ1v) is 21.0. The Morgan fingerprint density at radius 2 is 1.03 bits per heavy atom. The van der Waals surface area contributed by atoms with E-state index in [1.807, 2.05) is 60.7 Å². The van der Waals surface area contributed by atoms with Gasteiger partial charge in [0.25, 0.3) is 0 Å². The standard InChI is InChI=1S/C56H39N5O/c1-56(2)46-22-8-10-24-49(46)61(50-28-26-39(35-47(50)56)38-17-12-19-42(32-38)60-31-30-36-14-6-9-23-48(36)60)43-20-13-18-40(33-43)54-57-53(37-15-4-3-5-16-37)58-55(59-54)41-27-29-52-45(34-41)44-21-7-11-25-51(44)62-52/h3-35H,1-2H3. The van der Waals surface area contributed by atoms with Crippen molar-refractivity contribution in [1.82, 2.24) is 19.5 Å². The molecule has 1 aliphatic heterocycles. The van der Waals surface area contributed by atoms with Crippen LogP contribution < -0.4 is 4.90 Å². The van der Waals surface area contributed by atoms with E-state index in [1.165, 1.54) is 33.2 Å². The van der Waals surface area contributed by atoms with Gasteiger partial charge < -0.3 is 13.9 Å². The zero-order valence-electron chi connectivity index (χ0n) is 34.2. The summed E-state index contributed by atoms with van der Waals surface area (Å²) in [5, 5.41) is 3.31. The van der Waals surface area contributed by atoms with Crippen LogP contribution in [0.4, 0.5) is 17.1 Å². The molecule has 0 bridgehead atoms. The van der Waals surface area contributed by atoms with Crippen molar-refractivity contribution in [2.75, 3.05) is 4.90 Å². The number of hydrogen-bond acceptors (Lipinski definition) is 5. The second-order valence-electron chi connectivity index (χ2n) is 16.5. The first kappa shape index (κ1) is 35.8. The van der Waals surface area contributed by atoms with E-state index in [-0.39, 0.29) is 5.41 Å². The summed E-state index contributed by atoms with van der Waals surface area (Å²) in [6.45, 7) is 4.68. The molecule has 0 unspecified atom stereocenters. The van der Waals surface area contributed by atoms with Crippen molar-refractivity contribution in [2.24, 2.45) is 0 Å². The Kier molecular flexibility index (Phi) is 8.09. The Morgan fingerprint density at radius 1 is 0.419 bits per heavy atom. The third kappa shape index (κ3) is 5.83. The Balaban J connectivity index is 0.979. The summed E-state index contributed by atoms with van der Waals surface area (Å²) in [6, 6.07) is 68.3. The molecule has 0 saturated carbocycles. The Bertz CT molecular complexity index is 3530. The quantitative estimate of drug-likeness (QED) is 0.168. The molecule has 0 saturated heterocycles. The average molecular weight is 798 g/mol. The lowest BCUT2D eigenvalue weighted by atomic mass is 9.73. The van der Waals surface area contributed by atoms with E-state index < -0.39 is 0 Å². The molecule has 0 fully saturated rings. The van der Waals surface area contributed by atoms with Gasteiger partial charge in [0.2, 0.25) is 0 Å². The molecular formula is C56H39N5O. The topological polar surface area (TPSA) is 60.0 Å². The fourth-order valence-electron chi connectivity index (χ4n) is 9.30. The lowest BCUT2D eigenvalue weighted by molar-refractivity contribution is 0.632. The molecule has 294 valence electrons. The predicted octanol–water partition coefficient (Wildman–Crippen LogP) is 14.5. The SMILES string of the molecule is CC1(C)c2ccccc2N(c2cccc(-c3nc(-c4ccccc4)nc(-c4ccc5oc6ccccc6c5c4)n3)c2)c2ccc(-c3cccc(-n4ccc5ccccc54)c3)cc21. The molecule has 12 rings (SSSR count). The minimum atomic E-state index is -0.264. The molecule has 62 heavy (non-hydrogen) atoms. The second-order valence-corrected chi connectivity index (χ2v) is 16.5. The van der Waals surface area contributed by atoms with Gasteiger partial charge in [-0.15, -0.1) is 0 Å². The van der Waals surface area contributed by atoms with E-state index in [0.717, 1.165) is 61.4 Å². The van der Waals surface area contributed by atoms with Gasteiger partial charge in [0, 0.05) is 50.4 Å². The van der Waals surface area contributed by atoms with Crippen molar-refractivity contribution in [3.8, 4) is 51.0 Å². The normalized spacial score (nSPS) is 13.1. The number of para-hydroxylation sites is 3. The van der Waals surface area contributed by atoms with E-state index >= 15 is 0 Å². The Hall–Kier alpha value is -8.09. The maximum Gasteiger partial charge on any atom is 0.164 e. The number of nitrogens with zero attached hydrogens (tertiary/aromatic N) is 5. The van der Waals surface area contributed by atoms with Crippen LogP contribution in [-0.4, -0.2) is 19.5 Å². The molecule has 3 aromatic heterocycles. The van der Waals surface area contributed by atoms with Crippen molar-refractivity contribution in [1.29, 1.82) is 0 Å². The minimum Gasteiger partial charge on any atom is -0.456 e. The maximum atomic E-state index is 6.16. The smallest absolute Gasteiger partial charge is 0.164 e. The van der Waals surface area contributed by atoms with Crippen LogP contribution in [-0.2, 0) is 5.41 Å². The maximum absolute atomic E-state index is 6.16. The molecule has 8 aromatic carbocycles. The highest BCUT2D eigenvalue weighted by Crippen LogP contribution is 2.53. The van der Waals surface area contributed by atoms with Crippen molar-refractivity contribution in [3.63, 3.8) is 0 Å². The molecule has 6 nitrogen and oxygen atoms in total. The number of furan rings is 1. The highest BCUT2D eigenvalue weighted by atomic mass is 16.3. The number of benzene rings is 8. The van der Waals surface area contributed by atoms with Crippen LogP contribution in [0.15, 0.2) is 205 Å². The fourth-order valence-corrected chi connectivity index (χ4v) is 9.30. The zero-order valence-corrected chi connectivity index (χ0v) is 34.2. The number of fused-ring (bicyclic) bond motifs is 6. The first-order valence-electron chi connectivity index (χ1n) is 21.0. The highest BCUT2D eigenvalue weighted by molar-refractivity contribution is 6.06. The van der Waals surface area contributed by atoms with E-state index in [4.69, 9.17) is 19.4 Å². The molecule has 0 spiro atoms. The average Bonchev–Trinajstić information content (AvgIpc) is 3.94. The molecule has 4 heterocycles. The van der Waals surface area contributed by atoms with Crippen molar-refractivity contribution < 1.29 is 4.42 Å². The minimum absolute atomic E-state index is 0.264. The second kappa shape index (κ2) is 14.0. The van der Waals surface area contributed by atoms with Crippen LogP contribution in [0.5, 0.6) is 0 Å². The predicted molar refractivity (Wildman–Crippen MR) is 252 cm³/mol. The largest absolute Gasteiger partial charge is 0.456 e. The van der Waals surface area contributed by atoms with Gasteiger partial charge in [0.05, 0.1) is 16.9 Å². The van der Waals surface area contributed by atoms with Crippen molar-refractivity contribution >= 4 is 49.9 Å². The van der Waals surface area contributed by atoms with Crippen LogP contribution in [0.25, 0.3) is 83.8 Å². The summed E-state index contributed by atoms with van der Waals surface area (Å²) in [5.41, 5.74) is 14.7. The molecule has 6 heteroatoms. The summed E-state index contributed by atoms with van der Waals surface area (Å²) in [6.07, 6.45) is 2.16. The van der Waals surface area contributed by atoms with Crippen molar-refractivity contribution in [3.05, 3.63) is 211 Å². The van der Waals surface area contributed by atoms with Crippen LogP contribution in [0, 0.1) is 0 Å². The molecule has 0 amide bonds. The van der Waals surface area contributed by atoms with E-state index in [1.54, 1.807) is 0 Å². The van der Waals surface area contributed by atoms with Crippen LogP contribution >= 0.6 is 0 Å². The summed E-state index contributed by atoms with van der Waals surface area (Å²) in [4.78, 5) is 17.8. The van der Waals surface area contributed by atoms with E-state index in [2.05, 4.69) is 163 Å². The molecule has 0 radical (unpaired) electrons. The molecule has 0 aliphatic carbocycles. The lowest BCUT2D eigenvalue weighted by Crippen LogP contribution is -2.30. The van der Waals surface area contributed by atoms with Crippen molar-refractivity contribution in [2.45, 2.75) is 19.3 Å². The molecule has 1 aliphatic rings.